The summed E-state index contributed by atoms with van der Waals surface area (Å²) >= 11 is 3.14. The van der Waals surface area contributed by atoms with Gasteiger partial charge in [-0.2, -0.15) is 0 Å². The minimum atomic E-state index is -0.172. The van der Waals surface area contributed by atoms with E-state index >= 15 is 0 Å². The van der Waals surface area contributed by atoms with Crippen LogP contribution in [0.1, 0.15) is 15.9 Å². The Kier molecular flexibility index (Phi) is 6.39. The average Bonchev–Trinajstić information content (AvgIpc) is 3.26. The highest BCUT2D eigenvalue weighted by atomic mass is 32.2. The van der Waals surface area contributed by atoms with E-state index in [1.165, 1.54) is 11.3 Å². The first-order chi connectivity index (χ1) is 15.1. The molecule has 0 saturated heterocycles. The fourth-order valence-electron chi connectivity index (χ4n) is 3.22. The second kappa shape index (κ2) is 9.36. The van der Waals surface area contributed by atoms with Gasteiger partial charge in [0.2, 0.25) is 0 Å². The van der Waals surface area contributed by atoms with Crippen LogP contribution in [0.2, 0.25) is 0 Å². The van der Waals surface area contributed by atoms with Crippen LogP contribution in [0.3, 0.4) is 0 Å². The molecule has 0 aliphatic rings. The van der Waals surface area contributed by atoms with Crippen LogP contribution in [0, 0.1) is 0 Å². The van der Waals surface area contributed by atoms with Crippen molar-refractivity contribution in [3.8, 4) is 11.5 Å². The fourth-order valence-corrected chi connectivity index (χ4v) is 4.84. The molecule has 0 spiro atoms. The van der Waals surface area contributed by atoms with E-state index in [4.69, 9.17) is 14.5 Å². The third-order valence-electron chi connectivity index (χ3n) is 4.76. The van der Waals surface area contributed by atoms with Gasteiger partial charge in [0.05, 0.1) is 31.0 Å². The summed E-state index contributed by atoms with van der Waals surface area (Å²) in [5, 5.41) is 0.639. The van der Waals surface area contributed by atoms with Crippen molar-refractivity contribution in [3.63, 3.8) is 0 Å². The van der Waals surface area contributed by atoms with Gasteiger partial charge < -0.3 is 9.47 Å². The molecule has 6 nitrogen and oxygen atoms in total. The Morgan fingerprint density at radius 1 is 1.10 bits per heavy atom. The van der Waals surface area contributed by atoms with Crippen molar-refractivity contribution in [1.29, 1.82) is 0 Å². The average molecular weight is 452 g/mol. The Balaban J connectivity index is 1.79. The van der Waals surface area contributed by atoms with E-state index < -0.39 is 0 Å². The molecule has 158 valence electrons. The molecule has 0 fully saturated rings. The van der Waals surface area contributed by atoms with Gasteiger partial charge in [-0.3, -0.25) is 14.7 Å². The number of benzene rings is 2. The maximum absolute atomic E-state index is 13.6. The predicted octanol–water partition coefficient (Wildman–Crippen LogP) is 5.28. The van der Waals surface area contributed by atoms with Crippen molar-refractivity contribution in [1.82, 2.24) is 9.97 Å². The van der Waals surface area contributed by atoms with E-state index in [1.807, 2.05) is 36.6 Å². The largest absolute Gasteiger partial charge is 0.493 e. The first kappa shape index (κ1) is 21.1. The fraction of sp³-hybridized carbons (Fsp3) is 0.174. The van der Waals surface area contributed by atoms with Crippen LogP contribution < -0.4 is 14.4 Å². The summed E-state index contributed by atoms with van der Waals surface area (Å²) < 4.78 is 11.7. The van der Waals surface area contributed by atoms with Crippen molar-refractivity contribution in [2.45, 2.75) is 11.4 Å². The number of aromatic nitrogens is 2. The topological polar surface area (TPSA) is 64.5 Å². The molecule has 2 aromatic carbocycles. The van der Waals surface area contributed by atoms with Crippen molar-refractivity contribution < 1.29 is 14.3 Å². The van der Waals surface area contributed by atoms with Crippen LogP contribution >= 0.6 is 23.1 Å². The second-order valence-electron chi connectivity index (χ2n) is 6.63. The Morgan fingerprint density at radius 3 is 2.65 bits per heavy atom. The van der Waals surface area contributed by atoms with Gasteiger partial charge in [-0.25, -0.2) is 4.98 Å². The quantitative estimate of drug-likeness (QED) is 0.356. The Bertz CT molecular complexity index is 1210. The number of hydrogen-bond donors (Lipinski definition) is 0. The zero-order valence-corrected chi connectivity index (χ0v) is 19.0. The van der Waals surface area contributed by atoms with Gasteiger partial charge in [-0.1, -0.05) is 23.5 Å². The van der Waals surface area contributed by atoms with Crippen LogP contribution in [0.4, 0.5) is 5.13 Å². The molecule has 0 atom stereocenters. The summed E-state index contributed by atoms with van der Waals surface area (Å²) in [5.74, 6) is 0.903. The highest BCUT2D eigenvalue weighted by Crippen LogP contribution is 2.36. The number of amides is 1. The van der Waals surface area contributed by atoms with Crippen molar-refractivity contribution >= 4 is 44.4 Å². The molecule has 0 bridgehead atoms. The van der Waals surface area contributed by atoms with Crippen LogP contribution in [0.15, 0.2) is 65.8 Å². The van der Waals surface area contributed by atoms with Gasteiger partial charge in [-0.05, 0) is 48.2 Å². The van der Waals surface area contributed by atoms with E-state index in [1.54, 1.807) is 61.5 Å². The third kappa shape index (κ3) is 4.35. The Labute approximate surface area is 188 Å². The van der Waals surface area contributed by atoms with Crippen LogP contribution in [-0.2, 0) is 6.54 Å². The summed E-state index contributed by atoms with van der Waals surface area (Å²) in [6.07, 6.45) is 5.50. The van der Waals surface area contributed by atoms with Crippen LogP contribution in [-0.4, -0.2) is 36.4 Å². The highest BCUT2D eigenvalue weighted by Gasteiger charge is 2.23. The molecule has 31 heavy (non-hydrogen) atoms. The van der Waals surface area contributed by atoms with E-state index in [2.05, 4.69) is 4.98 Å². The van der Waals surface area contributed by atoms with Gasteiger partial charge in [0, 0.05) is 22.9 Å². The number of carbonyl (C=O) groups is 1. The van der Waals surface area contributed by atoms with Crippen molar-refractivity contribution in [3.05, 3.63) is 72.1 Å². The molecule has 0 unspecified atom stereocenters. The smallest absolute Gasteiger partial charge is 0.260 e. The van der Waals surface area contributed by atoms with Gasteiger partial charge in [0.25, 0.3) is 5.91 Å². The van der Waals surface area contributed by atoms with Crippen LogP contribution in [0.5, 0.6) is 11.5 Å². The number of para-hydroxylation sites is 1. The second-order valence-corrected chi connectivity index (χ2v) is 8.48. The molecule has 1 amide bonds. The number of hydrogen-bond acceptors (Lipinski definition) is 7. The minimum Gasteiger partial charge on any atom is -0.493 e. The lowest BCUT2D eigenvalue weighted by Crippen LogP contribution is -2.30. The molecular weight excluding hydrogens is 430 g/mol. The van der Waals surface area contributed by atoms with E-state index in [0.717, 1.165) is 20.7 Å². The molecule has 0 N–H and O–H groups in total. The Hall–Kier alpha value is -3.10. The van der Waals surface area contributed by atoms with Gasteiger partial charge in [0.15, 0.2) is 16.6 Å². The first-order valence-corrected chi connectivity index (χ1v) is 11.5. The monoisotopic (exact) mass is 451 g/mol. The maximum Gasteiger partial charge on any atom is 0.260 e. The van der Waals surface area contributed by atoms with Gasteiger partial charge >= 0.3 is 0 Å². The molecule has 2 heterocycles. The summed E-state index contributed by atoms with van der Waals surface area (Å²) in [5.41, 5.74) is 2.32. The Morgan fingerprint density at radius 2 is 1.94 bits per heavy atom. The normalized spacial score (nSPS) is 10.8. The third-order valence-corrected chi connectivity index (χ3v) is 6.57. The molecule has 0 radical (unpaired) electrons. The maximum atomic E-state index is 13.6. The predicted molar refractivity (Wildman–Crippen MR) is 126 cm³/mol. The standard InChI is InChI=1S/C23H21N3O3S2/c1-28-17-10-9-16(12-18(17)29-2)22(27)26(14-15-6-5-11-24-13-15)23-25-21-19(30-3)7-4-8-20(21)31-23/h4-13H,14H2,1-3H3. The summed E-state index contributed by atoms with van der Waals surface area (Å²) in [4.78, 5) is 25.4. The number of thioether (sulfide) groups is 1. The summed E-state index contributed by atoms with van der Waals surface area (Å²) in [7, 11) is 3.12. The van der Waals surface area contributed by atoms with Crippen LogP contribution in [0.25, 0.3) is 10.2 Å². The lowest BCUT2D eigenvalue weighted by Gasteiger charge is -2.20. The number of fused-ring (bicyclic) bond motifs is 1. The molecule has 4 rings (SSSR count). The minimum absolute atomic E-state index is 0.172. The number of ether oxygens (including phenoxy) is 2. The number of pyridine rings is 1. The van der Waals surface area contributed by atoms with E-state index in [9.17, 15) is 4.79 Å². The number of carbonyl (C=O) groups excluding carboxylic acids is 1. The molecule has 0 aliphatic carbocycles. The van der Waals surface area contributed by atoms with Gasteiger partial charge in [0.1, 0.15) is 0 Å². The summed E-state index contributed by atoms with van der Waals surface area (Å²) in [6, 6.07) is 15.0. The lowest BCUT2D eigenvalue weighted by molar-refractivity contribution is 0.0984. The van der Waals surface area contributed by atoms with E-state index in [0.29, 0.717) is 28.7 Å². The molecular formula is C23H21N3O3S2. The zero-order valence-electron chi connectivity index (χ0n) is 17.4. The molecule has 4 aromatic rings. The molecule has 0 aliphatic heterocycles. The number of rotatable bonds is 7. The number of anilines is 1. The summed E-state index contributed by atoms with van der Waals surface area (Å²) in [6.45, 7) is 0.357. The number of nitrogens with zero attached hydrogens (tertiary/aromatic N) is 3. The van der Waals surface area contributed by atoms with Crippen molar-refractivity contribution in [2.24, 2.45) is 0 Å². The highest BCUT2D eigenvalue weighted by molar-refractivity contribution is 7.98. The molecule has 8 heteroatoms. The molecule has 0 saturated carbocycles. The molecule has 2 aromatic heterocycles. The zero-order chi connectivity index (χ0) is 21.8. The first-order valence-electron chi connectivity index (χ1n) is 9.51. The number of methoxy groups -OCH3 is 2. The number of thiazole rings is 1. The lowest BCUT2D eigenvalue weighted by atomic mass is 10.1. The van der Waals surface area contributed by atoms with E-state index in [-0.39, 0.29) is 5.91 Å². The van der Waals surface area contributed by atoms with Crippen molar-refractivity contribution in [2.75, 3.05) is 25.4 Å². The van der Waals surface area contributed by atoms with Gasteiger partial charge in [-0.15, -0.1) is 11.8 Å². The SMILES string of the molecule is COc1ccc(C(=O)N(Cc2cccnc2)c2nc3c(SC)cccc3s2)cc1OC.